The number of hydrogen-bond donors (Lipinski definition) is 4. The minimum absolute atomic E-state index is 0.0126. The molecule has 0 radical (unpaired) electrons. The Morgan fingerprint density at radius 2 is 1.56 bits per heavy atom. The van der Waals surface area contributed by atoms with E-state index in [-0.39, 0.29) is 13.0 Å². The summed E-state index contributed by atoms with van der Waals surface area (Å²) in [5, 5.41) is 13.8. The molecule has 32 heavy (non-hydrogen) atoms. The van der Waals surface area contributed by atoms with Gasteiger partial charge >= 0.3 is 19.7 Å². The second-order valence-electron chi connectivity index (χ2n) is 6.89. The number of nitrogens with one attached hydrogen (secondary N) is 2. The summed E-state index contributed by atoms with van der Waals surface area (Å²) in [6.07, 6.45) is -3.36. The lowest BCUT2D eigenvalue weighted by Crippen LogP contribution is -2.45. The smallest absolute Gasteiger partial charge is 0.408 e. The first-order valence-corrected chi connectivity index (χ1v) is 11.4. The van der Waals surface area contributed by atoms with Crippen LogP contribution in [0.25, 0.3) is 0 Å². The van der Waals surface area contributed by atoms with Crippen molar-refractivity contribution in [2.75, 3.05) is 6.29 Å². The second-order valence-corrected chi connectivity index (χ2v) is 8.69. The lowest BCUT2D eigenvalue weighted by molar-refractivity contribution is -0.145. The monoisotopic (exact) mass is 464 g/mol. The summed E-state index contributed by atoms with van der Waals surface area (Å²) in [7, 11) is -4.48. The highest BCUT2D eigenvalue weighted by atomic mass is 31.2. The summed E-state index contributed by atoms with van der Waals surface area (Å²) >= 11 is 0. The average Bonchev–Trinajstić information content (AvgIpc) is 2.77. The molecule has 0 saturated heterocycles. The summed E-state index contributed by atoms with van der Waals surface area (Å²) in [5.41, 5.74) is 1.37. The Labute approximate surface area is 185 Å². The van der Waals surface area contributed by atoms with Gasteiger partial charge in [0.25, 0.3) is 0 Å². The van der Waals surface area contributed by atoms with E-state index in [1.54, 1.807) is 54.6 Å². The van der Waals surface area contributed by atoms with Crippen molar-refractivity contribution in [1.29, 1.82) is 0 Å². The highest BCUT2D eigenvalue weighted by Crippen LogP contribution is 2.42. The van der Waals surface area contributed by atoms with E-state index in [1.807, 2.05) is 6.07 Å². The molecule has 11 heteroatoms. The van der Waals surface area contributed by atoms with E-state index in [0.717, 1.165) is 5.56 Å². The molecule has 0 aliphatic carbocycles. The molecule has 0 aromatic heterocycles. The molecular formula is C21H25N2O8P. The Morgan fingerprint density at radius 1 is 1.00 bits per heavy atom. The highest BCUT2D eigenvalue weighted by molar-refractivity contribution is 7.52. The maximum Gasteiger partial charge on any atom is 0.408 e. The van der Waals surface area contributed by atoms with Crippen LogP contribution in [0.1, 0.15) is 18.1 Å². The number of hydrogen-bond acceptors (Lipinski definition) is 6. The average molecular weight is 464 g/mol. The van der Waals surface area contributed by atoms with Crippen LogP contribution in [-0.2, 0) is 36.4 Å². The Kier molecular flexibility index (Phi) is 9.39. The van der Waals surface area contributed by atoms with Crippen LogP contribution in [0.15, 0.2) is 60.7 Å². The van der Waals surface area contributed by atoms with Gasteiger partial charge in [-0.25, -0.2) is 9.59 Å². The van der Waals surface area contributed by atoms with Crippen LogP contribution in [0.3, 0.4) is 0 Å². The molecule has 1 unspecified atom stereocenters. The zero-order valence-electron chi connectivity index (χ0n) is 17.3. The molecule has 0 bridgehead atoms. The number of alkyl carbamates (subject to hydrolysis) is 1. The molecule has 2 amide bonds. The Morgan fingerprint density at radius 3 is 2.12 bits per heavy atom. The summed E-state index contributed by atoms with van der Waals surface area (Å²) in [6.45, 7) is 1.37. The number of carbonyl (C=O) groups excluding carboxylic acids is 2. The van der Waals surface area contributed by atoms with Crippen molar-refractivity contribution in [2.45, 2.75) is 32.1 Å². The standard InChI is InChI=1S/C21H25N2O8P/c1-15(23-21(27)30-13-17-10-6-3-7-11-17)19(24)22-14-32(28,29)31-18(20(25)26)12-16-8-4-2-5-9-16/h2-11,15,18H,12-14H2,1H3,(H,22,24)(H,23,27)(H,25,26)(H,28,29)/t15-,18-/m0/s1. The van der Waals surface area contributed by atoms with Crippen LogP contribution in [0.2, 0.25) is 0 Å². The molecular weight excluding hydrogens is 439 g/mol. The van der Waals surface area contributed by atoms with Crippen molar-refractivity contribution in [2.24, 2.45) is 0 Å². The molecule has 0 aliphatic rings. The van der Waals surface area contributed by atoms with Crippen molar-refractivity contribution in [3.63, 3.8) is 0 Å². The summed E-state index contributed by atoms with van der Waals surface area (Å²) in [5.74, 6) is -2.18. The van der Waals surface area contributed by atoms with Crippen LogP contribution < -0.4 is 10.6 Å². The lowest BCUT2D eigenvalue weighted by Gasteiger charge is -2.20. The van der Waals surface area contributed by atoms with Gasteiger partial charge in [0.05, 0.1) is 0 Å². The van der Waals surface area contributed by atoms with E-state index in [0.29, 0.717) is 5.56 Å². The van der Waals surface area contributed by atoms with Gasteiger partial charge in [0.15, 0.2) is 6.10 Å². The number of benzene rings is 2. The van der Waals surface area contributed by atoms with E-state index in [4.69, 9.17) is 9.26 Å². The molecule has 0 saturated carbocycles. The van der Waals surface area contributed by atoms with Crippen molar-refractivity contribution in [3.8, 4) is 0 Å². The predicted molar refractivity (Wildman–Crippen MR) is 115 cm³/mol. The maximum atomic E-state index is 12.3. The van der Waals surface area contributed by atoms with Gasteiger partial charge in [-0.15, -0.1) is 0 Å². The molecule has 0 heterocycles. The van der Waals surface area contributed by atoms with Gasteiger partial charge in [-0.3, -0.25) is 13.9 Å². The van der Waals surface area contributed by atoms with Crippen LogP contribution >= 0.6 is 7.60 Å². The molecule has 172 valence electrons. The van der Waals surface area contributed by atoms with Gasteiger partial charge in [0.1, 0.15) is 18.9 Å². The fraction of sp³-hybridized carbons (Fsp3) is 0.286. The minimum Gasteiger partial charge on any atom is -0.479 e. The van der Waals surface area contributed by atoms with E-state index in [1.165, 1.54) is 6.92 Å². The molecule has 2 aromatic rings. The van der Waals surface area contributed by atoms with Gasteiger partial charge in [0.2, 0.25) is 5.91 Å². The largest absolute Gasteiger partial charge is 0.479 e. The van der Waals surface area contributed by atoms with Crippen LogP contribution in [0, 0.1) is 0 Å². The molecule has 10 nitrogen and oxygen atoms in total. The molecule has 0 spiro atoms. The van der Waals surface area contributed by atoms with Crippen molar-refractivity contribution < 1.29 is 38.2 Å². The Hall–Kier alpha value is -3.20. The van der Waals surface area contributed by atoms with E-state index >= 15 is 0 Å². The van der Waals surface area contributed by atoms with Crippen molar-refractivity contribution in [1.82, 2.24) is 10.6 Å². The van der Waals surface area contributed by atoms with E-state index < -0.39 is 44.0 Å². The number of aliphatic carboxylic acids is 1. The van der Waals surface area contributed by atoms with Gasteiger partial charge in [0, 0.05) is 6.42 Å². The predicted octanol–water partition coefficient (Wildman–Crippen LogP) is 2.27. The molecule has 2 rings (SSSR count). The third-order valence-corrected chi connectivity index (χ3v) is 5.37. The third-order valence-electron chi connectivity index (χ3n) is 4.22. The van der Waals surface area contributed by atoms with Crippen LogP contribution in [0.4, 0.5) is 4.79 Å². The first-order chi connectivity index (χ1) is 15.2. The second kappa shape index (κ2) is 12.0. The van der Waals surface area contributed by atoms with Gasteiger partial charge in [-0.2, -0.15) is 0 Å². The molecule has 2 aromatic carbocycles. The number of rotatable bonds is 11. The number of amides is 2. The lowest BCUT2D eigenvalue weighted by atomic mass is 10.1. The SMILES string of the molecule is C[C@H](NC(=O)OCc1ccccc1)C(=O)NCP(=O)(O)O[C@@H](Cc1ccccc1)C(=O)O. The Bertz CT molecular complexity index is 955. The maximum absolute atomic E-state index is 12.3. The van der Waals surface area contributed by atoms with Gasteiger partial charge in [-0.05, 0) is 18.1 Å². The normalized spacial score (nSPS) is 14.4. The van der Waals surface area contributed by atoms with Crippen LogP contribution in [0.5, 0.6) is 0 Å². The molecule has 0 aliphatic heterocycles. The topological polar surface area (TPSA) is 151 Å². The number of carboxylic acid groups (broad SMARTS) is 1. The first kappa shape index (κ1) is 25.1. The highest BCUT2D eigenvalue weighted by Gasteiger charge is 2.31. The van der Waals surface area contributed by atoms with Gasteiger partial charge < -0.3 is 25.4 Å². The molecule has 3 atom stereocenters. The summed E-state index contributed by atoms with van der Waals surface area (Å²) < 4.78 is 22.2. The number of carboxylic acids is 1. The zero-order chi connectivity index (χ0) is 23.6. The zero-order valence-corrected chi connectivity index (χ0v) is 18.2. The number of carbonyl (C=O) groups is 3. The summed E-state index contributed by atoms with van der Waals surface area (Å²) in [4.78, 5) is 45.3. The van der Waals surface area contributed by atoms with Crippen molar-refractivity contribution in [3.05, 3.63) is 71.8 Å². The van der Waals surface area contributed by atoms with E-state index in [2.05, 4.69) is 10.6 Å². The molecule has 4 N–H and O–H groups in total. The van der Waals surface area contributed by atoms with Gasteiger partial charge in [-0.1, -0.05) is 60.7 Å². The Balaban J connectivity index is 1.80. The van der Waals surface area contributed by atoms with Crippen molar-refractivity contribution >= 4 is 25.6 Å². The quantitative estimate of drug-likeness (QED) is 0.370. The van der Waals surface area contributed by atoms with Crippen LogP contribution in [-0.4, -0.2) is 46.4 Å². The van der Waals surface area contributed by atoms with E-state index in [9.17, 15) is 28.9 Å². The molecule has 0 fully saturated rings. The summed E-state index contributed by atoms with van der Waals surface area (Å²) in [6, 6.07) is 16.3. The third kappa shape index (κ3) is 8.89. The first-order valence-electron chi connectivity index (χ1n) is 9.68. The number of ether oxygens (including phenoxy) is 1. The minimum atomic E-state index is -4.48. The fourth-order valence-electron chi connectivity index (χ4n) is 2.57. The fourth-order valence-corrected chi connectivity index (χ4v) is 3.56.